The second-order valence-corrected chi connectivity index (χ2v) is 7.54. The number of aromatic nitrogens is 3. The molecule has 33 heavy (non-hydrogen) atoms. The van der Waals surface area contributed by atoms with Crippen molar-refractivity contribution in [2.75, 3.05) is 32.0 Å². The first-order valence-electron chi connectivity index (χ1n) is 9.94. The fourth-order valence-corrected chi connectivity index (χ4v) is 3.12. The maximum Gasteiger partial charge on any atom is 0.229 e. The molecule has 4 rings (SSSR count). The van der Waals surface area contributed by atoms with Crippen molar-refractivity contribution in [3.8, 4) is 23.0 Å². The minimum Gasteiger partial charge on any atom is -0.493 e. The van der Waals surface area contributed by atoms with E-state index in [0.29, 0.717) is 40.3 Å². The Balaban J connectivity index is 1.58. The summed E-state index contributed by atoms with van der Waals surface area (Å²) < 4.78 is 36.2. The summed E-state index contributed by atoms with van der Waals surface area (Å²) in [6, 6.07) is 6.75. The third-order valence-corrected chi connectivity index (χ3v) is 4.62. The van der Waals surface area contributed by atoms with Gasteiger partial charge in [-0.05, 0) is 26.0 Å². The SMILES string of the molecule is COc1cc(Nc2ncc(F)c(Nc3ccc4c(n3)N=CC(C)(C)O4)n2)cc(OC)c1OC. The fourth-order valence-electron chi connectivity index (χ4n) is 3.12. The van der Waals surface area contributed by atoms with Gasteiger partial charge in [-0.3, -0.25) is 0 Å². The number of rotatable bonds is 7. The summed E-state index contributed by atoms with van der Waals surface area (Å²) in [6.45, 7) is 3.79. The number of anilines is 4. The van der Waals surface area contributed by atoms with E-state index in [1.165, 1.54) is 21.3 Å². The Hall–Kier alpha value is -4.15. The molecule has 0 fully saturated rings. The van der Waals surface area contributed by atoms with Gasteiger partial charge < -0.3 is 29.6 Å². The van der Waals surface area contributed by atoms with Crippen LogP contribution in [0.4, 0.5) is 33.5 Å². The van der Waals surface area contributed by atoms with Crippen molar-refractivity contribution in [2.45, 2.75) is 19.4 Å². The van der Waals surface area contributed by atoms with Crippen LogP contribution in [-0.4, -0.2) is 48.1 Å². The first-order valence-corrected chi connectivity index (χ1v) is 9.94. The molecule has 1 aliphatic rings. The van der Waals surface area contributed by atoms with Crippen molar-refractivity contribution in [1.82, 2.24) is 15.0 Å². The summed E-state index contributed by atoms with van der Waals surface area (Å²) in [5, 5.41) is 5.87. The van der Waals surface area contributed by atoms with E-state index < -0.39 is 11.4 Å². The van der Waals surface area contributed by atoms with Crippen molar-refractivity contribution < 1.29 is 23.3 Å². The van der Waals surface area contributed by atoms with E-state index in [0.717, 1.165) is 6.20 Å². The molecule has 172 valence electrons. The monoisotopic (exact) mass is 454 g/mol. The van der Waals surface area contributed by atoms with E-state index in [9.17, 15) is 4.39 Å². The first-order chi connectivity index (χ1) is 15.8. The molecule has 10 nitrogen and oxygen atoms in total. The van der Waals surface area contributed by atoms with E-state index in [2.05, 4.69) is 30.6 Å². The molecule has 0 saturated carbocycles. The number of benzene rings is 1. The Morgan fingerprint density at radius 2 is 1.70 bits per heavy atom. The summed E-state index contributed by atoms with van der Waals surface area (Å²) in [5.74, 6) is 2.07. The molecular weight excluding hydrogens is 431 g/mol. The maximum atomic E-state index is 14.4. The summed E-state index contributed by atoms with van der Waals surface area (Å²) in [6.07, 6.45) is 2.72. The number of pyridine rings is 1. The van der Waals surface area contributed by atoms with Crippen LogP contribution in [0.1, 0.15) is 13.8 Å². The number of nitrogens with zero attached hydrogens (tertiary/aromatic N) is 4. The number of hydrogen-bond donors (Lipinski definition) is 2. The van der Waals surface area contributed by atoms with Gasteiger partial charge in [0.25, 0.3) is 0 Å². The number of ether oxygens (including phenoxy) is 4. The van der Waals surface area contributed by atoms with Crippen LogP contribution in [0, 0.1) is 5.82 Å². The summed E-state index contributed by atoms with van der Waals surface area (Å²) in [7, 11) is 4.54. The highest BCUT2D eigenvalue weighted by atomic mass is 19.1. The Morgan fingerprint density at radius 1 is 0.970 bits per heavy atom. The first kappa shape index (κ1) is 22.1. The highest BCUT2D eigenvalue weighted by Gasteiger charge is 2.24. The summed E-state index contributed by atoms with van der Waals surface area (Å²) >= 11 is 0. The molecule has 0 atom stereocenters. The minimum atomic E-state index is -0.647. The van der Waals surface area contributed by atoms with Crippen LogP contribution in [-0.2, 0) is 0 Å². The molecule has 0 bridgehead atoms. The second-order valence-electron chi connectivity index (χ2n) is 7.54. The lowest BCUT2D eigenvalue weighted by Gasteiger charge is -2.26. The Bertz CT molecular complexity index is 1190. The van der Waals surface area contributed by atoms with Crippen LogP contribution >= 0.6 is 0 Å². The molecule has 1 aliphatic heterocycles. The predicted molar refractivity (Wildman–Crippen MR) is 122 cm³/mol. The molecule has 0 amide bonds. The van der Waals surface area contributed by atoms with E-state index in [1.54, 1.807) is 30.5 Å². The number of halogens is 1. The zero-order valence-corrected chi connectivity index (χ0v) is 18.8. The zero-order chi connectivity index (χ0) is 23.6. The second kappa shape index (κ2) is 8.77. The van der Waals surface area contributed by atoms with Crippen LogP contribution in [0.5, 0.6) is 23.0 Å². The number of aliphatic imine (C=N–C) groups is 1. The Labute approximate surface area is 189 Å². The van der Waals surface area contributed by atoms with Crippen molar-refractivity contribution in [3.63, 3.8) is 0 Å². The van der Waals surface area contributed by atoms with E-state index in [-0.39, 0.29) is 11.8 Å². The quantitative estimate of drug-likeness (QED) is 0.536. The molecule has 0 spiro atoms. The molecule has 0 aliphatic carbocycles. The molecule has 0 unspecified atom stereocenters. The van der Waals surface area contributed by atoms with Gasteiger partial charge in [-0.1, -0.05) is 0 Å². The van der Waals surface area contributed by atoms with E-state index >= 15 is 0 Å². The zero-order valence-electron chi connectivity index (χ0n) is 18.8. The molecule has 0 saturated heterocycles. The van der Waals surface area contributed by atoms with Crippen LogP contribution in [0.15, 0.2) is 35.5 Å². The van der Waals surface area contributed by atoms with Crippen molar-refractivity contribution in [2.24, 2.45) is 4.99 Å². The normalized spacial score (nSPS) is 13.5. The molecule has 3 heterocycles. The van der Waals surface area contributed by atoms with Crippen molar-refractivity contribution in [3.05, 3.63) is 36.3 Å². The molecule has 3 aromatic rings. The lowest BCUT2D eigenvalue weighted by atomic mass is 10.1. The average Bonchev–Trinajstić information content (AvgIpc) is 2.80. The standard InChI is InChI=1S/C22H23FN6O4/c1-22(2)11-25-20-14(33-22)6-7-17(28-20)27-19-13(23)10-24-21(29-19)26-12-8-15(30-3)18(32-5)16(9-12)31-4/h6-11H,1-5H3,(H2,24,26,27,28,29). The number of hydrogen-bond acceptors (Lipinski definition) is 10. The summed E-state index contributed by atoms with van der Waals surface area (Å²) in [5.41, 5.74) is 0.0403. The highest BCUT2D eigenvalue weighted by molar-refractivity contribution is 5.76. The average molecular weight is 454 g/mol. The van der Waals surface area contributed by atoms with Gasteiger partial charge >= 0.3 is 0 Å². The third-order valence-electron chi connectivity index (χ3n) is 4.62. The van der Waals surface area contributed by atoms with Gasteiger partial charge in [0.15, 0.2) is 34.7 Å². The fraction of sp³-hybridized carbons (Fsp3) is 0.273. The molecule has 2 aromatic heterocycles. The molecule has 1 aromatic carbocycles. The smallest absolute Gasteiger partial charge is 0.229 e. The summed E-state index contributed by atoms with van der Waals surface area (Å²) in [4.78, 5) is 16.9. The van der Waals surface area contributed by atoms with Crippen LogP contribution < -0.4 is 29.6 Å². The van der Waals surface area contributed by atoms with Gasteiger partial charge in [0, 0.05) is 24.0 Å². The Kier molecular flexibility index (Phi) is 5.86. The van der Waals surface area contributed by atoms with Crippen LogP contribution in [0.2, 0.25) is 0 Å². The van der Waals surface area contributed by atoms with Crippen molar-refractivity contribution >= 4 is 35.3 Å². The van der Waals surface area contributed by atoms with Gasteiger partial charge in [-0.25, -0.2) is 19.4 Å². The predicted octanol–water partition coefficient (Wildman–Crippen LogP) is 4.40. The maximum absolute atomic E-state index is 14.4. The van der Waals surface area contributed by atoms with Gasteiger partial charge in [0.05, 0.1) is 27.5 Å². The minimum absolute atomic E-state index is 0.0616. The van der Waals surface area contributed by atoms with Gasteiger partial charge in [-0.2, -0.15) is 4.98 Å². The van der Waals surface area contributed by atoms with E-state index in [1.807, 2.05) is 13.8 Å². The molecule has 2 N–H and O–H groups in total. The lowest BCUT2D eigenvalue weighted by Crippen LogP contribution is -2.31. The van der Waals surface area contributed by atoms with Gasteiger partial charge in [-0.15, -0.1) is 0 Å². The number of nitrogens with one attached hydrogen (secondary N) is 2. The number of methoxy groups -OCH3 is 3. The molecular formula is C22H23FN6O4. The van der Waals surface area contributed by atoms with Crippen molar-refractivity contribution in [1.29, 1.82) is 0 Å². The highest BCUT2D eigenvalue weighted by Crippen LogP contribution is 2.40. The topological polar surface area (TPSA) is 112 Å². The Morgan fingerprint density at radius 3 is 2.36 bits per heavy atom. The largest absolute Gasteiger partial charge is 0.493 e. The van der Waals surface area contributed by atoms with Crippen LogP contribution in [0.25, 0.3) is 0 Å². The third kappa shape index (κ3) is 4.71. The lowest BCUT2D eigenvalue weighted by molar-refractivity contribution is 0.184. The van der Waals surface area contributed by atoms with Gasteiger partial charge in [0.1, 0.15) is 11.4 Å². The van der Waals surface area contributed by atoms with Gasteiger partial charge in [0.2, 0.25) is 11.7 Å². The molecule has 0 radical (unpaired) electrons. The number of fused-ring (bicyclic) bond motifs is 1. The molecule has 11 heteroatoms. The van der Waals surface area contributed by atoms with Crippen LogP contribution in [0.3, 0.4) is 0 Å². The van der Waals surface area contributed by atoms with E-state index in [4.69, 9.17) is 18.9 Å².